The summed E-state index contributed by atoms with van der Waals surface area (Å²) in [5.74, 6) is -0.411. The molecule has 0 spiro atoms. The Morgan fingerprint density at radius 1 is 1.20 bits per heavy atom. The first kappa shape index (κ1) is 14.2. The van der Waals surface area contributed by atoms with Crippen molar-refractivity contribution in [3.05, 3.63) is 71.0 Å². The van der Waals surface area contributed by atoms with E-state index in [1.54, 1.807) is 12.1 Å². The third-order valence-corrected chi connectivity index (χ3v) is 3.02. The molecule has 3 nitrogen and oxygen atoms in total. The van der Waals surface area contributed by atoms with Crippen molar-refractivity contribution in [3.8, 4) is 6.07 Å². The lowest BCUT2D eigenvalue weighted by Gasteiger charge is -2.12. The van der Waals surface area contributed by atoms with Gasteiger partial charge in [0.25, 0.3) is 0 Å². The number of aliphatic hydroxyl groups excluding tert-OH is 1. The second kappa shape index (κ2) is 6.80. The number of nitriles is 1. The number of nitrogens with one attached hydrogen (secondary N) is 1. The second-order valence-electron chi connectivity index (χ2n) is 4.48. The molecule has 0 aromatic heterocycles. The average molecular weight is 270 g/mol. The Balaban J connectivity index is 1.89. The average Bonchev–Trinajstić information content (AvgIpc) is 2.49. The number of hydrogen-bond donors (Lipinski definition) is 2. The van der Waals surface area contributed by atoms with E-state index < -0.39 is 11.9 Å². The molecule has 0 heterocycles. The van der Waals surface area contributed by atoms with Crippen LogP contribution in [-0.4, -0.2) is 11.7 Å². The molecule has 0 aliphatic carbocycles. The van der Waals surface area contributed by atoms with Gasteiger partial charge in [-0.15, -0.1) is 0 Å². The van der Waals surface area contributed by atoms with Gasteiger partial charge in [0.15, 0.2) is 0 Å². The number of aliphatic hydroxyl groups is 1. The highest BCUT2D eigenvalue weighted by Gasteiger charge is 2.07. The smallest absolute Gasteiger partial charge is 0.129 e. The molecule has 2 aromatic rings. The van der Waals surface area contributed by atoms with Gasteiger partial charge in [-0.2, -0.15) is 5.26 Å². The molecule has 0 radical (unpaired) electrons. The molecule has 102 valence electrons. The topological polar surface area (TPSA) is 56.0 Å². The lowest BCUT2D eigenvalue weighted by molar-refractivity contribution is 0.174. The van der Waals surface area contributed by atoms with Gasteiger partial charge in [-0.1, -0.05) is 36.4 Å². The van der Waals surface area contributed by atoms with E-state index >= 15 is 0 Å². The van der Waals surface area contributed by atoms with Crippen LogP contribution in [0.3, 0.4) is 0 Å². The van der Waals surface area contributed by atoms with Crippen molar-refractivity contribution in [1.29, 1.82) is 5.26 Å². The van der Waals surface area contributed by atoms with Gasteiger partial charge < -0.3 is 10.4 Å². The summed E-state index contributed by atoms with van der Waals surface area (Å²) in [4.78, 5) is 0. The van der Waals surface area contributed by atoms with Crippen LogP contribution in [0.15, 0.2) is 48.5 Å². The van der Waals surface area contributed by atoms with Crippen molar-refractivity contribution in [1.82, 2.24) is 5.32 Å². The standard InChI is InChI=1S/C16H15FN2O/c17-15-8-12(9-18)6-7-14(15)10-19-11-16(20)13-4-2-1-3-5-13/h1-8,16,19-20H,10-11H2. The third kappa shape index (κ3) is 3.64. The van der Waals surface area contributed by atoms with Crippen molar-refractivity contribution in [3.63, 3.8) is 0 Å². The van der Waals surface area contributed by atoms with Crippen LogP contribution in [0.1, 0.15) is 22.8 Å². The number of halogens is 1. The van der Waals surface area contributed by atoms with Crippen molar-refractivity contribution >= 4 is 0 Å². The van der Waals surface area contributed by atoms with Crippen molar-refractivity contribution in [2.75, 3.05) is 6.54 Å². The Bertz CT molecular complexity index is 608. The molecule has 2 rings (SSSR count). The monoisotopic (exact) mass is 270 g/mol. The summed E-state index contributed by atoms with van der Waals surface area (Å²) in [6.07, 6.45) is -0.627. The maximum Gasteiger partial charge on any atom is 0.129 e. The van der Waals surface area contributed by atoms with Crippen molar-refractivity contribution in [2.45, 2.75) is 12.6 Å². The minimum Gasteiger partial charge on any atom is -0.387 e. The second-order valence-corrected chi connectivity index (χ2v) is 4.48. The highest BCUT2D eigenvalue weighted by atomic mass is 19.1. The van der Waals surface area contributed by atoms with Gasteiger partial charge in [0.1, 0.15) is 5.82 Å². The van der Waals surface area contributed by atoms with E-state index in [9.17, 15) is 9.50 Å². The van der Waals surface area contributed by atoms with Crippen LogP contribution in [0.4, 0.5) is 4.39 Å². The molecule has 1 atom stereocenters. The summed E-state index contributed by atoms with van der Waals surface area (Å²) < 4.78 is 13.6. The first-order chi connectivity index (χ1) is 9.70. The molecule has 0 aliphatic rings. The maximum absolute atomic E-state index is 13.6. The van der Waals surface area contributed by atoms with Gasteiger partial charge >= 0.3 is 0 Å². The molecule has 4 heteroatoms. The van der Waals surface area contributed by atoms with Gasteiger partial charge in [0.05, 0.1) is 17.7 Å². The van der Waals surface area contributed by atoms with Crippen LogP contribution in [0.25, 0.3) is 0 Å². The van der Waals surface area contributed by atoms with E-state index in [1.165, 1.54) is 6.07 Å². The lowest BCUT2D eigenvalue weighted by atomic mass is 10.1. The Morgan fingerprint density at radius 2 is 1.95 bits per heavy atom. The fraction of sp³-hybridized carbons (Fsp3) is 0.188. The molecule has 1 unspecified atom stereocenters. The predicted molar refractivity (Wildman–Crippen MR) is 74.2 cm³/mol. The summed E-state index contributed by atoms with van der Waals surface area (Å²) in [7, 11) is 0. The maximum atomic E-state index is 13.6. The zero-order chi connectivity index (χ0) is 14.4. The van der Waals surface area contributed by atoms with Crippen LogP contribution >= 0.6 is 0 Å². The summed E-state index contributed by atoms with van der Waals surface area (Å²) >= 11 is 0. The molecule has 0 saturated carbocycles. The SMILES string of the molecule is N#Cc1ccc(CNCC(O)c2ccccc2)c(F)c1. The van der Waals surface area contributed by atoms with Crippen LogP contribution in [0, 0.1) is 17.1 Å². The molecule has 20 heavy (non-hydrogen) atoms. The van der Waals surface area contributed by atoms with Crippen LogP contribution in [0.5, 0.6) is 0 Å². The molecular formula is C16H15FN2O. The van der Waals surface area contributed by atoms with E-state index in [4.69, 9.17) is 5.26 Å². The number of hydrogen-bond acceptors (Lipinski definition) is 3. The van der Waals surface area contributed by atoms with Gasteiger partial charge in [-0.05, 0) is 17.7 Å². The first-order valence-electron chi connectivity index (χ1n) is 6.33. The lowest BCUT2D eigenvalue weighted by Crippen LogP contribution is -2.21. The predicted octanol–water partition coefficient (Wildman–Crippen LogP) is 2.52. The summed E-state index contributed by atoms with van der Waals surface area (Å²) in [6.45, 7) is 0.644. The molecule has 2 aromatic carbocycles. The molecule has 2 N–H and O–H groups in total. The van der Waals surface area contributed by atoms with Crippen LogP contribution in [-0.2, 0) is 6.54 Å². The Hall–Kier alpha value is -2.22. The number of rotatable bonds is 5. The Labute approximate surface area is 117 Å². The Kier molecular flexibility index (Phi) is 4.83. The van der Waals surface area contributed by atoms with Crippen LogP contribution < -0.4 is 5.32 Å². The van der Waals surface area contributed by atoms with E-state index in [1.807, 2.05) is 36.4 Å². The van der Waals surface area contributed by atoms with Gasteiger partial charge in [0.2, 0.25) is 0 Å². The third-order valence-electron chi connectivity index (χ3n) is 3.02. The van der Waals surface area contributed by atoms with E-state index in [-0.39, 0.29) is 0 Å². The molecular weight excluding hydrogens is 255 g/mol. The quantitative estimate of drug-likeness (QED) is 0.877. The van der Waals surface area contributed by atoms with Gasteiger partial charge in [0, 0.05) is 18.7 Å². The van der Waals surface area contributed by atoms with Crippen LogP contribution in [0.2, 0.25) is 0 Å². The minimum atomic E-state index is -0.627. The summed E-state index contributed by atoms with van der Waals surface area (Å²) in [6, 6.07) is 15.5. The normalized spacial score (nSPS) is 11.8. The van der Waals surface area contributed by atoms with E-state index in [2.05, 4.69) is 5.32 Å². The zero-order valence-corrected chi connectivity index (χ0v) is 10.9. The van der Waals surface area contributed by atoms with Gasteiger partial charge in [-0.3, -0.25) is 0 Å². The minimum absolute atomic E-state index is 0.301. The Morgan fingerprint density at radius 3 is 2.60 bits per heavy atom. The summed E-state index contributed by atoms with van der Waals surface area (Å²) in [5, 5.41) is 21.6. The van der Waals surface area contributed by atoms with Crippen molar-refractivity contribution < 1.29 is 9.50 Å². The number of benzene rings is 2. The summed E-state index contributed by atoms with van der Waals surface area (Å²) in [5.41, 5.74) is 1.60. The highest BCUT2D eigenvalue weighted by molar-refractivity contribution is 5.32. The van der Waals surface area contributed by atoms with Gasteiger partial charge in [-0.25, -0.2) is 4.39 Å². The molecule has 0 saturated heterocycles. The first-order valence-corrected chi connectivity index (χ1v) is 6.33. The molecule has 0 aliphatic heterocycles. The fourth-order valence-electron chi connectivity index (χ4n) is 1.90. The zero-order valence-electron chi connectivity index (χ0n) is 10.9. The number of nitrogens with zero attached hydrogens (tertiary/aromatic N) is 1. The highest BCUT2D eigenvalue weighted by Crippen LogP contribution is 2.12. The molecule has 0 bridgehead atoms. The van der Waals surface area contributed by atoms with E-state index in [0.717, 1.165) is 5.56 Å². The molecule has 0 amide bonds. The fourth-order valence-corrected chi connectivity index (χ4v) is 1.90. The largest absolute Gasteiger partial charge is 0.387 e. The van der Waals surface area contributed by atoms with Crippen molar-refractivity contribution in [2.24, 2.45) is 0 Å². The van der Waals surface area contributed by atoms with E-state index in [0.29, 0.717) is 24.2 Å². The molecule has 0 fully saturated rings.